The first-order valence-corrected chi connectivity index (χ1v) is 19.2. The highest BCUT2D eigenvalue weighted by molar-refractivity contribution is 7.18. The van der Waals surface area contributed by atoms with Crippen LogP contribution in [0, 0.1) is 29.1 Å². The molecule has 1 spiro atoms. The zero-order chi connectivity index (χ0) is 36.8. The number of rotatable bonds is 8. The molecule has 4 aromatic rings. The van der Waals surface area contributed by atoms with Crippen LogP contribution in [-0.4, -0.2) is 69.0 Å². The van der Waals surface area contributed by atoms with Crippen LogP contribution in [0.1, 0.15) is 87.3 Å². The van der Waals surface area contributed by atoms with Crippen LogP contribution >= 0.6 is 11.3 Å². The van der Waals surface area contributed by atoms with Crippen LogP contribution in [0.25, 0.3) is 21.1 Å². The van der Waals surface area contributed by atoms with Gasteiger partial charge in [0, 0.05) is 65.9 Å². The van der Waals surface area contributed by atoms with Gasteiger partial charge in [0.25, 0.3) is 0 Å². The number of thiophene rings is 1. The van der Waals surface area contributed by atoms with Crippen molar-refractivity contribution in [1.29, 1.82) is 5.26 Å². The first-order valence-electron chi connectivity index (χ1n) is 18.3. The molecule has 1 atom stereocenters. The Morgan fingerprint density at radius 1 is 1.08 bits per heavy atom. The number of amides is 1. The third-order valence-corrected chi connectivity index (χ3v) is 12.8. The highest BCUT2D eigenvalue weighted by Gasteiger charge is 2.68. The number of hydrogen-bond acceptors (Lipinski definition) is 8. The number of halogens is 3. The zero-order valence-electron chi connectivity index (χ0n) is 30.5. The number of alkyl halides is 3. The Balaban J connectivity index is 0.941. The lowest BCUT2D eigenvalue weighted by molar-refractivity contribution is -0.160. The summed E-state index contributed by atoms with van der Waals surface area (Å²) in [7, 11) is 0. The minimum absolute atomic E-state index is 0.0859. The number of fused-ring (bicyclic) bond motifs is 2. The molecule has 3 aliphatic carbocycles. The molecule has 2 bridgehead atoms. The number of aromatic nitrogens is 3. The number of hydrogen-bond donors (Lipinski definition) is 1. The van der Waals surface area contributed by atoms with E-state index in [2.05, 4.69) is 49.8 Å². The van der Waals surface area contributed by atoms with Gasteiger partial charge in [-0.15, -0.1) is 11.3 Å². The third kappa shape index (κ3) is 6.40. The Hall–Kier alpha value is -3.89. The monoisotopic (exact) mass is 733 g/mol. The van der Waals surface area contributed by atoms with Gasteiger partial charge in [0.2, 0.25) is 0 Å². The second-order valence-electron chi connectivity index (χ2n) is 17.1. The second kappa shape index (κ2) is 12.1. The van der Waals surface area contributed by atoms with E-state index in [1.54, 1.807) is 6.07 Å². The molecule has 52 heavy (non-hydrogen) atoms. The fourth-order valence-electron chi connectivity index (χ4n) is 9.65. The topological polar surface area (TPSA) is 99.3 Å². The summed E-state index contributed by atoms with van der Waals surface area (Å²) in [5.74, 6) is 1.44. The normalized spacial score (nSPS) is 25.9. The van der Waals surface area contributed by atoms with Crippen LogP contribution in [0.3, 0.4) is 0 Å². The molecule has 5 heterocycles. The van der Waals surface area contributed by atoms with Gasteiger partial charge in [-0.2, -0.15) is 18.4 Å². The summed E-state index contributed by atoms with van der Waals surface area (Å²) >= 11 is 1.13. The van der Waals surface area contributed by atoms with Gasteiger partial charge in [-0.05, 0) is 101 Å². The Labute approximate surface area is 306 Å². The van der Waals surface area contributed by atoms with Crippen LogP contribution in [0.15, 0.2) is 24.3 Å². The first kappa shape index (κ1) is 35.2. The number of aryl methyl sites for hydroxylation is 2. The minimum atomic E-state index is -4.26. The molecule has 3 aromatic heterocycles. The molecule has 1 aromatic carbocycles. The summed E-state index contributed by atoms with van der Waals surface area (Å²) in [5, 5.41) is 15.1. The fourth-order valence-corrected chi connectivity index (χ4v) is 10.7. The van der Waals surface area contributed by atoms with Gasteiger partial charge in [-0.1, -0.05) is 13.0 Å². The Bertz CT molecular complexity index is 2110. The van der Waals surface area contributed by atoms with Gasteiger partial charge in [-0.3, -0.25) is 4.90 Å². The van der Waals surface area contributed by atoms with Crippen molar-refractivity contribution in [3.63, 3.8) is 0 Å². The van der Waals surface area contributed by atoms with Gasteiger partial charge in [-0.25, -0.2) is 14.8 Å². The number of nitrogens with one attached hydrogen (secondary N) is 1. The van der Waals surface area contributed by atoms with Crippen LogP contribution in [0.4, 0.5) is 23.8 Å². The quantitative estimate of drug-likeness (QED) is 0.196. The molecule has 1 unspecified atom stereocenters. The summed E-state index contributed by atoms with van der Waals surface area (Å²) in [4.78, 5) is 27.6. The van der Waals surface area contributed by atoms with E-state index in [0.717, 1.165) is 105 Å². The number of nitriles is 1. The molecule has 5 fully saturated rings. The Kier molecular flexibility index (Phi) is 8.16. The molecule has 9 rings (SSSR count). The largest absolute Gasteiger partial charge is 0.444 e. The molecule has 3 saturated carbocycles. The molecule has 2 saturated heterocycles. The number of benzene rings is 1. The molecular weight excluding hydrogens is 688 g/mol. The highest BCUT2D eigenvalue weighted by Crippen LogP contribution is 2.68. The van der Waals surface area contributed by atoms with E-state index >= 15 is 0 Å². The number of nitrogens with zero attached hydrogens (tertiary/aromatic N) is 6. The third-order valence-electron chi connectivity index (χ3n) is 11.8. The smallest absolute Gasteiger partial charge is 0.408 e. The van der Waals surface area contributed by atoms with E-state index in [4.69, 9.17) is 9.72 Å². The van der Waals surface area contributed by atoms with Crippen LogP contribution in [0.5, 0.6) is 0 Å². The van der Waals surface area contributed by atoms with Gasteiger partial charge >= 0.3 is 12.3 Å². The molecule has 9 nitrogen and oxygen atoms in total. The lowest BCUT2D eigenvalue weighted by atomic mass is 9.39. The maximum atomic E-state index is 13.2. The van der Waals surface area contributed by atoms with Gasteiger partial charge < -0.3 is 19.5 Å². The van der Waals surface area contributed by atoms with E-state index in [1.807, 2.05) is 33.8 Å². The van der Waals surface area contributed by atoms with Crippen molar-refractivity contribution in [3.05, 3.63) is 51.8 Å². The van der Waals surface area contributed by atoms with E-state index in [0.29, 0.717) is 22.8 Å². The van der Waals surface area contributed by atoms with Gasteiger partial charge in [0.05, 0.1) is 11.8 Å². The SMILES string of the molecule is CCc1nc(N2CCC3(CCN(Cc4ccc5c(cc(C#N)n5CC56CC(NC(=O)OC(C)(C)C)(C5)C6)c4C)C3)C2)c2cc(CC(F)(F)F)sc2n1. The van der Waals surface area contributed by atoms with Crippen LogP contribution < -0.4 is 10.2 Å². The van der Waals surface area contributed by atoms with Gasteiger partial charge in [0.15, 0.2) is 0 Å². The average Bonchev–Trinajstić information content (AvgIpc) is 3.80. The van der Waals surface area contributed by atoms with E-state index < -0.39 is 18.2 Å². The van der Waals surface area contributed by atoms with E-state index in [9.17, 15) is 23.2 Å². The van der Waals surface area contributed by atoms with Crippen molar-refractivity contribution in [1.82, 2.24) is 24.8 Å². The maximum absolute atomic E-state index is 13.2. The maximum Gasteiger partial charge on any atom is 0.408 e. The van der Waals surface area contributed by atoms with Crippen LogP contribution in [-0.2, 0) is 30.7 Å². The molecule has 0 radical (unpaired) electrons. The number of alkyl carbamates (subject to hydrolysis) is 1. The van der Waals surface area contributed by atoms with Crippen molar-refractivity contribution in [2.45, 2.75) is 110 Å². The Morgan fingerprint density at radius 2 is 1.83 bits per heavy atom. The molecule has 1 amide bonds. The number of anilines is 1. The van der Waals surface area contributed by atoms with Crippen molar-refractivity contribution in [3.8, 4) is 6.07 Å². The summed E-state index contributed by atoms with van der Waals surface area (Å²) in [5.41, 5.74) is 3.67. The summed E-state index contributed by atoms with van der Waals surface area (Å²) in [6.07, 6.45) is -0.197. The number of ether oxygens (including phenoxy) is 1. The molecular formula is C39H46F3N7O2S. The lowest BCUT2D eigenvalue weighted by Gasteiger charge is -2.70. The predicted molar refractivity (Wildman–Crippen MR) is 195 cm³/mol. The van der Waals surface area contributed by atoms with Crippen molar-refractivity contribution >= 4 is 44.4 Å². The van der Waals surface area contributed by atoms with Crippen molar-refractivity contribution in [2.75, 3.05) is 31.1 Å². The number of carbonyl (C=O) groups is 1. The molecule has 2 aliphatic heterocycles. The van der Waals surface area contributed by atoms with Crippen LogP contribution in [0.2, 0.25) is 0 Å². The van der Waals surface area contributed by atoms with E-state index in [1.165, 1.54) is 11.1 Å². The highest BCUT2D eigenvalue weighted by atomic mass is 32.1. The van der Waals surface area contributed by atoms with Gasteiger partial charge in [0.1, 0.15) is 33.8 Å². The molecule has 1 N–H and O–H groups in total. The molecule has 13 heteroatoms. The summed E-state index contributed by atoms with van der Waals surface area (Å²) in [6.45, 7) is 14.9. The fraction of sp³-hybridized carbons (Fsp3) is 0.590. The minimum Gasteiger partial charge on any atom is -0.444 e. The summed E-state index contributed by atoms with van der Waals surface area (Å²) < 4.78 is 47.4. The first-order chi connectivity index (χ1) is 24.5. The lowest BCUT2D eigenvalue weighted by Crippen LogP contribution is -2.75. The number of carbonyl (C=O) groups excluding carboxylic acids is 1. The predicted octanol–water partition coefficient (Wildman–Crippen LogP) is 8.04. The Morgan fingerprint density at radius 3 is 2.52 bits per heavy atom. The summed E-state index contributed by atoms with van der Waals surface area (Å²) in [6, 6.07) is 10.5. The van der Waals surface area contributed by atoms with E-state index in [-0.39, 0.29) is 27.3 Å². The second-order valence-corrected chi connectivity index (χ2v) is 18.2. The standard InChI is InChI=1S/C39H46F3N7O2S/c1-6-31-44-32(29-14-27(15-39(40,41)42)52-33(29)45-31)48-12-10-36(22-48)9-11-47(21-36)17-25-7-8-30-28(24(25)2)13-26(16-43)49(30)23-37-18-38(19-37,20-37)46-34(50)51-35(3,4)5/h7-8,13-14H,6,9-12,15,17-23H2,1-5H3,(H,46,50). The molecule has 5 aliphatic rings. The van der Waals surface area contributed by atoms with Crippen molar-refractivity contribution in [2.24, 2.45) is 10.8 Å². The molecule has 276 valence electrons. The zero-order valence-corrected chi connectivity index (χ0v) is 31.4. The average molecular weight is 734 g/mol. The van der Waals surface area contributed by atoms with Crippen molar-refractivity contribution < 1.29 is 22.7 Å². The number of likely N-dealkylation sites (tertiary alicyclic amines) is 1.